The number of nitrogens with zero attached hydrogens (tertiary/aromatic N) is 1. The molecule has 0 amide bonds. The molecule has 3 rings (SSSR count). The van der Waals surface area contributed by atoms with Crippen molar-refractivity contribution in [3.05, 3.63) is 52.2 Å². The van der Waals surface area contributed by atoms with E-state index in [0.717, 1.165) is 6.42 Å². The molecule has 0 radical (unpaired) electrons. The largest absolute Gasteiger partial charge is 0.264 e. The molecule has 1 aromatic heterocycles. The molecule has 0 fully saturated rings. The number of nitrogens with one attached hydrogen (secondary N) is 1. The van der Waals surface area contributed by atoms with E-state index < -0.39 is 10.0 Å². The van der Waals surface area contributed by atoms with Gasteiger partial charge in [0.05, 0.1) is 10.9 Å². The van der Waals surface area contributed by atoms with Gasteiger partial charge in [0.25, 0.3) is 10.0 Å². The van der Waals surface area contributed by atoms with E-state index in [1.54, 1.807) is 29.5 Å². The molecule has 2 heterocycles. The number of fused-ring (bicyclic) bond motifs is 1. The van der Waals surface area contributed by atoms with Crippen LogP contribution in [0, 0.1) is 0 Å². The number of hydrogen-bond acceptors (Lipinski definition) is 4. The Bertz CT molecular complexity index is 749. The zero-order valence-corrected chi connectivity index (χ0v) is 12.5. The van der Waals surface area contributed by atoms with Crippen molar-refractivity contribution >= 4 is 27.2 Å². The van der Waals surface area contributed by atoms with Gasteiger partial charge in [0.2, 0.25) is 0 Å². The predicted octanol–water partition coefficient (Wildman–Crippen LogP) is 2.42. The molecule has 6 heteroatoms. The van der Waals surface area contributed by atoms with Gasteiger partial charge in [0.1, 0.15) is 5.84 Å². The molecule has 1 atom stereocenters. The molecule has 4 nitrogen and oxygen atoms in total. The van der Waals surface area contributed by atoms with Gasteiger partial charge in [-0.15, -0.1) is 0 Å². The first-order chi connectivity index (χ1) is 9.56. The molecule has 2 aromatic rings. The number of rotatable bonds is 3. The van der Waals surface area contributed by atoms with Gasteiger partial charge in [-0.25, -0.2) is 8.42 Å². The van der Waals surface area contributed by atoms with Crippen molar-refractivity contribution in [1.29, 1.82) is 0 Å². The second-order valence-corrected chi connectivity index (χ2v) is 7.19. The van der Waals surface area contributed by atoms with Crippen molar-refractivity contribution in [3.63, 3.8) is 0 Å². The molecular weight excluding hydrogens is 292 g/mol. The Labute approximate surface area is 122 Å². The third-order valence-corrected chi connectivity index (χ3v) is 5.25. The average molecular weight is 306 g/mol. The highest BCUT2D eigenvalue weighted by atomic mass is 32.2. The summed E-state index contributed by atoms with van der Waals surface area (Å²) < 4.78 is 26.5. The lowest BCUT2D eigenvalue weighted by Crippen LogP contribution is -2.24. The van der Waals surface area contributed by atoms with Gasteiger partial charge in [0, 0.05) is 5.56 Å². The van der Waals surface area contributed by atoms with Crippen LogP contribution < -0.4 is 4.72 Å². The van der Waals surface area contributed by atoms with E-state index in [1.807, 2.05) is 18.4 Å². The summed E-state index contributed by atoms with van der Waals surface area (Å²) in [6, 6.07) is 9.00. The number of sulfonamides is 1. The van der Waals surface area contributed by atoms with E-state index in [9.17, 15) is 8.42 Å². The fraction of sp³-hybridized carbons (Fsp3) is 0.214. The number of amidine groups is 1. The molecule has 1 N–H and O–H groups in total. The maximum absolute atomic E-state index is 12.0. The molecule has 1 aromatic carbocycles. The van der Waals surface area contributed by atoms with Crippen molar-refractivity contribution in [2.75, 3.05) is 0 Å². The molecule has 0 bridgehead atoms. The minimum Gasteiger partial charge on any atom is -0.264 e. The Hall–Kier alpha value is -1.66. The lowest BCUT2D eigenvalue weighted by atomic mass is 10.1. The summed E-state index contributed by atoms with van der Waals surface area (Å²) in [5.74, 6) is 0.448. The van der Waals surface area contributed by atoms with Crippen molar-refractivity contribution < 1.29 is 8.42 Å². The Balaban J connectivity index is 1.90. The smallest absolute Gasteiger partial charge is 0.263 e. The normalized spacial score (nSPS) is 19.6. The van der Waals surface area contributed by atoms with E-state index in [2.05, 4.69) is 21.2 Å². The van der Waals surface area contributed by atoms with Crippen LogP contribution in [0.4, 0.5) is 0 Å². The van der Waals surface area contributed by atoms with Gasteiger partial charge in [-0.2, -0.15) is 11.3 Å². The topological polar surface area (TPSA) is 58.5 Å². The van der Waals surface area contributed by atoms with E-state index in [-0.39, 0.29) is 6.04 Å². The molecule has 1 unspecified atom stereocenters. The standard InChI is InChI=1S/C14H14N2O2S2/c1-10(8-11-6-7-19-9-11)15-14-12-4-2-3-5-13(12)20(17,18)16-14/h2-7,9-10H,8H2,1H3,(H,15,16). The van der Waals surface area contributed by atoms with Crippen LogP contribution in [-0.4, -0.2) is 20.3 Å². The summed E-state index contributed by atoms with van der Waals surface area (Å²) >= 11 is 1.65. The molecule has 1 aliphatic heterocycles. The van der Waals surface area contributed by atoms with Crippen LogP contribution in [0.1, 0.15) is 18.1 Å². The Morgan fingerprint density at radius 1 is 1.30 bits per heavy atom. The third kappa shape index (κ3) is 2.48. The van der Waals surface area contributed by atoms with Gasteiger partial charge >= 0.3 is 0 Å². The van der Waals surface area contributed by atoms with Crippen molar-refractivity contribution in [2.45, 2.75) is 24.3 Å². The second kappa shape index (κ2) is 5.03. The summed E-state index contributed by atoms with van der Waals surface area (Å²) in [6.45, 7) is 1.99. The van der Waals surface area contributed by atoms with Crippen molar-refractivity contribution in [2.24, 2.45) is 4.99 Å². The molecule has 1 aliphatic rings. The van der Waals surface area contributed by atoms with Crippen LogP contribution in [0.3, 0.4) is 0 Å². The molecule has 20 heavy (non-hydrogen) atoms. The number of benzene rings is 1. The first kappa shape index (κ1) is 13.3. The Morgan fingerprint density at radius 2 is 2.10 bits per heavy atom. The molecule has 104 valence electrons. The SMILES string of the molecule is CC(Cc1ccsc1)N=C1NS(=O)(=O)c2ccccc21. The summed E-state index contributed by atoms with van der Waals surface area (Å²) in [5, 5.41) is 4.12. The first-order valence-electron chi connectivity index (χ1n) is 6.27. The monoisotopic (exact) mass is 306 g/mol. The quantitative estimate of drug-likeness (QED) is 0.946. The predicted molar refractivity (Wildman–Crippen MR) is 80.8 cm³/mol. The minimum absolute atomic E-state index is 0.0217. The van der Waals surface area contributed by atoms with Crippen LogP contribution in [0.2, 0.25) is 0 Å². The summed E-state index contributed by atoms with van der Waals surface area (Å²) in [5.41, 5.74) is 1.88. The highest BCUT2D eigenvalue weighted by Crippen LogP contribution is 2.23. The zero-order chi connectivity index (χ0) is 14.2. The van der Waals surface area contributed by atoms with Gasteiger partial charge in [-0.3, -0.25) is 9.71 Å². The lowest BCUT2D eigenvalue weighted by Gasteiger charge is -2.06. The highest BCUT2D eigenvalue weighted by Gasteiger charge is 2.30. The van der Waals surface area contributed by atoms with Crippen molar-refractivity contribution in [1.82, 2.24) is 4.72 Å². The fourth-order valence-electron chi connectivity index (χ4n) is 2.25. The van der Waals surface area contributed by atoms with Gasteiger partial charge in [-0.05, 0) is 47.9 Å². The van der Waals surface area contributed by atoms with Crippen LogP contribution in [0.15, 0.2) is 51.0 Å². The molecular formula is C14H14N2O2S2. The van der Waals surface area contributed by atoms with E-state index in [4.69, 9.17) is 0 Å². The average Bonchev–Trinajstić information content (AvgIpc) is 2.98. The summed E-state index contributed by atoms with van der Waals surface area (Å²) in [6.07, 6.45) is 0.802. The minimum atomic E-state index is -3.44. The van der Waals surface area contributed by atoms with E-state index in [1.165, 1.54) is 5.56 Å². The van der Waals surface area contributed by atoms with Gasteiger partial charge < -0.3 is 0 Å². The number of hydrogen-bond donors (Lipinski definition) is 1. The van der Waals surface area contributed by atoms with Crippen molar-refractivity contribution in [3.8, 4) is 0 Å². The maximum atomic E-state index is 12.0. The second-order valence-electron chi connectivity index (χ2n) is 4.76. The molecule has 0 saturated heterocycles. The van der Waals surface area contributed by atoms with E-state index in [0.29, 0.717) is 16.3 Å². The Morgan fingerprint density at radius 3 is 2.85 bits per heavy atom. The van der Waals surface area contributed by atoms with Crippen LogP contribution in [0.5, 0.6) is 0 Å². The third-order valence-electron chi connectivity index (χ3n) is 3.12. The highest BCUT2D eigenvalue weighted by molar-refractivity contribution is 7.90. The number of thiophene rings is 1. The maximum Gasteiger partial charge on any atom is 0.263 e. The zero-order valence-electron chi connectivity index (χ0n) is 10.9. The van der Waals surface area contributed by atoms with Gasteiger partial charge in [0.15, 0.2) is 0 Å². The summed E-state index contributed by atoms with van der Waals surface area (Å²) in [4.78, 5) is 4.83. The van der Waals surface area contributed by atoms with Crippen LogP contribution >= 0.6 is 11.3 Å². The lowest BCUT2D eigenvalue weighted by molar-refractivity contribution is 0.595. The van der Waals surface area contributed by atoms with Gasteiger partial charge in [-0.1, -0.05) is 12.1 Å². The van der Waals surface area contributed by atoms with Crippen LogP contribution in [0.25, 0.3) is 0 Å². The summed E-state index contributed by atoms with van der Waals surface area (Å²) in [7, 11) is -3.44. The molecule has 0 spiro atoms. The number of aliphatic imine (C=N–C) groups is 1. The van der Waals surface area contributed by atoms with Crippen LogP contribution in [-0.2, 0) is 16.4 Å². The molecule has 0 saturated carbocycles. The first-order valence-corrected chi connectivity index (χ1v) is 8.70. The molecule has 0 aliphatic carbocycles. The Kier molecular flexibility index (Phi) is 3.35. The fourth-order valence-corrected chi connectivity index (χ4v) is 4.17. The van der Waals surface area contributed by atoms with E-state index >= 15 is 0 Å².